The summed E-state index contributed by atoms with van der Waals surface area (Å²) >= 11 is 0. The Hall–Kier alpha value is -4.01. The topological polar surface area (TPSA) is 138 Å². The third-order valence-corrected chi connectivity index (χ3v) is 5.12. The fraction of sp³-hybridized carbons (Fsp3) is 0.261. The van der Waals surface area contributed by atoms with E-state index in [1.165, 1.54) is 32.4 Å². The summed E-state index contributed by atoms with van der Waals surface area (Å²) in [6, 6.07) is 7.76. The van der Waals surface area contributed by atoms with Gasteiger partial charge in [0.1, 0.15) is 11.3 Å². The third-order valence-electron chi connectivity index (χ3n) is 5.12. The highest BCUT2D eigenvalue weighted by molar-refractivity contribution is 5.88. The number of carboxylic acid groups (broad SMARTS) is 1. The van der Waals surface area contributed by atoms with Crippen molar-refractivity contribution in [1.29, 1.82) is 0 Å². The number of carbonyl (C=O) groups is 2. The SMILES string of the molecule is COc1cc2oc(=O)c(CC(=O)N[C@@H](Cc3ccc(O)cc3)C(=O)[O-])c(C)c2cc1OC. The number of amides is 1. The summed E-state index contributed by atoms with van der Waals surface area (Å²) < 4.78 is 15.8. The first-order valence-electron chi connectivity index (χ1n) is 9.70. The molecule has 3 aromatic rings. The van der Waals surface area contributed by atoms with E-state index in [1.807, 2.05) is 0 Å². The number of aromatic hydroxyl groups is 1. The average molecular weight is 440 g/mol. The van der Waals surface area contributed by atoms with E-state index < -0.39 is 23.5 Å². The van der Waals surface area contributed by atoms with Crippen molar-refractivity contribution < 1.29 is 33.7 Å². The van der Waals surface area contributed by atoms with Gasteiger partial charge in [-0.2, -0.15) is 0 Å². The van der Waals surface area contributed by atoms with Gasteiger partial charge in [0.25, 0.3) is 0 Å². The predicted octanol–water partition coefficient (Wildman–Crippen LogP) is 0.844. The first kappa shape index (κ1) is 22.7. The van der Waals surface area contributed by atoms with Gasteiger partial charge in [0, 0.05) is 11.5 Å². The highest BCUT2D eigenvalue weighted by atomic mass is 16.5. The van der Waals surface area contributed by atoms with Crippen LogP contribution in [0.2, 0.25) is 0 Å². The number of nitrogens with one attached hydrogen (secondary N) is 1. The number of hydrogen-bond donors (Lipinski definition) is 2. The van der Waals surface area contributed by atoms with Crippen molar-refractivity contribution in [3.63, 3.8) is 0 Å². The molecular weight excluding hydrogens is 418 g/mol. The van der Waals surface area contributed by atoms with E-state index in [0.29, 0.717) is 28.0 Å². The molecule has 1 amide bonds. The quantitative estimate of drug-likeness (QED) is 0.492. The molecule has 0 aliphatic rings. The lowest BCUT2D eigenvalue weighted by molar-refractivity contribution is -0.308. The molecule has 0 radical (unpaired) electrons. The number of carboxylic acids is 1. The monoisotopic (exact) mass is 440 g/mol. The number of rotatable bonds is 8. The minimum absolute atomic E-state index is 0.0375. The lowest BCUT2D eigenvalue weighted by Gasteiger charge is -2.20. The summed E-state index contributed by atoms with van der Waals surface area (Å²) in [7, 11) is 2.93. The van der Waals surface area contributed by atoms with E-state index in [4.69, 9.17) is 13.9 Å². The second-order valence-corrected chi connectivity index (χ2v) is 7.18. The zero-order valence-electron chi connectivity index (χ0n) is 17.8. The summed E-state index contributed by atoms with van der Waals surface area (Å²) in [6.45, 7) is 1.67. The van der Waals surface area contributed by atoms with Gasteiger partial charge >= 0.3 is 5.63 Å². The molecule has 0 fully saturated rings. The third kappa shape index (κ3) is 4.83. The predicted molar refractivity (Wildman–Crippen MR) is 113 cm³/mol. The second-order valence-electron chi connectivity index (χ2n) is 7.18. The van der Waals surface area contributed by atoms with Crippen LogP contribution >= 0.6 is 0 Å². The van der Waals surface area contributed by atoms with Gasteiger partial charge in [-0.25, -0.2) is 4.79 Å². The minimum Gasteiger partial charge on any atom is -0.548 e. The van der Waals surface area contributed by atoms with Crippen LogP contribution in [-0.2, 0) is 22.4 Å². The molecule has 168 valence electrons. The van der Waals surface area contributed by atoms with Crippen LogP contribution in [0.1, 0.15) is 16.7 Å². The molecule has 0 aliphatic carbocycles. The van der Waals surface area contributed by atoms with E-state index in [1.54, 1.807) is 25.1 Å². The van der Waals surface area contributed by atoms with Crippen molar-refractivity contribution in [2.24, 2.45) is 0 Å². The van der Waals surface area contributed by atoms with Gasteiger partial charge in [0.15, 0.2) is 11.5 Å². The Morgan fingerprint density at radius 3 is 2.34 bits per heavy atom. The van der Waals surface area contributed by atoms with E-state index in [9.17, 15) is 24.6 Å². The van der Waals surface area contributed by atoms with Crippen molar-refractivity contribution >= 4 is 22.8 Å². The molecule has 2 N–H and O–H groups in total. The number of ether oxygens (including phenoxy) is 2. The number of phenols is 1. The molecule has 32 heavy (non-hydrogen) atoms. The van der Waals surface area contributed by atoms with Gasteiger partial charge in [-0.3, -0.25) is 4.79 Å². The summed E-state index contributed by atoms with van der Waals surface area (Å²) in [5.41, 5.74) is 0.759. The van der Waals surface area contributed by atoms with E-state index in [-0.39, 0.29) is 29.7 Å². The largest absolute Gasteiger partial charge is 0.548 e. The van der Waals surface area contributed by atoms with Crippen LogP contribution < -0.4 is 25.5 Å². The molecule has 0 spiro atoms. The Kier molecular flexibility index (Phi) is 6.67. The van der Waals surface area contributed by atoms with Crippen LogP contribution in [0.25, 0.3) is 11.0 Å². The molecule has 0 saturated carbocycles. The fourth-order valence-corrected chi connectivity index (χ4v) is 3.39. The van der Waals surface area contributed by atoms with Gasteiger partial charge in [0.05, 0.1) is 38.2 Å². The van der Waals surface area contributed by atoms with E-state index >= 15 is 0 Å². The number of fused-ring (bicyclic) bond motifs is 1. The molecule has 2 aromatic carbocycles. The number of carbonyl (C=O) groups excluding carboxylic acids is 2. The molecule has 0 saturated heterocycles. The number of phenolic OH excluding ortho intramolecular Hbond substituents is 1. The molecule has 9 heteroatoms. The van der Waals surface area contributed by atoms with Gasteiger partial charge in [0.2, 0.25) is 5.91 Å². The lowest BCUT2D eigenvalue weighted by atomic mass is 10.0. The van der Waals surface area contributed by atoms with Gasteiger partial charge < -0.3 is 34.2 Å². The molecule has 1 atom stereocenters. The summed E-state index contributed by atoms with van der Waals surface area (Å²) in [4.78, 5) is 36.6. The molecular formula is C23H22NO8-. The van der Waals surface area contributed by atoms with Crippen LogP contribution in [0.15, 0.2) is 45.6 Å². The summed E-state index contributed by atoms with van der Waals surface area (Å²) in [6.07, 6.45) is -0.422. The number of aliphatic carboxylic acids is 1. The molecule has 1 heterocycles. The zero-order chi connectivity index (χ0) is 23.4. The van der Waals surface area contributed by atoms with Gasteiger partial charge in [-0.05, 0) is 42.7 Å². The number of aryl methyl sites for hydroxylation is 1. The Balaban J connectivity index is 1.85. The Labute approximate surface area is 183 Å². The molecule has 0 unspecified atom stereocenters. The highest BCUT2D eigenvalue weighted by Crippen LogP contribution is 2.33. The van der Waals surface area contributed by atoms with Crippen molar-refractivity contribution in [2.75, 3.05) is 14.2 Å². The molecule has 1 aromatic heterocycles. The molecule has 0 bridgehead atoms. The number of benzene rings is 2. The maximum absolute atomic E-state index is 12.6. The normalized spacial score (nSPS) is 11.7. The van der Waals surface area contributed by atoms with Crippen molar-refractivity contribution in [2.45, 2.75) is 25.8 Å². The smallest absolute Gasteiger partial charge is 0.340 e. The van der Waals surface area contributed by atoms with Crippen LogP contribution in [-0.4, -0.2) is 37.2 Å². The van der Waals surface area contributed by atoms with E-state index in [0.717, 1.165) is 0 Å². The Bertz CT molecular complexity index is 1210. The van der Waals surface area contributed by atoms with Crippen molar-refractivity contribution in [1.82, 2.24) is 5.32 Å². The summed E-state index contributed by atoms with van der Waals surface area (Å²) in [5, 5.41) is 23.8. The maximum Gasteiger partial charge on any atom is 0.340 e. The second kappa shape index (κ2) is 9.42. The Morgan fingerprint density at radius 2 is 1.75 bits per heavy atom. The van der Waals surface area contributed by atoms with Crippen molar-refractivity contribution in [3.8, 4) is 17.2 Å². The maximum atomic E-state index is 12.6. The van der Waals surface area contributed by atoms with Gasteiger partial charge in [-0.15, -0.1) is 0 Å². The standard InChI is InChI=1S/C23H23NO8/c1-12-15-9-19(30-2)20(31-3)11-18(15)32-23(29)16(12)10-21(26)24-17(22(27)28)8-13-4-6-14(25)7-5-13/h4-7,9,11,17,25H,8,10H2,1-3H3,(H,24,26)(H,27,28)/p-1/t17-/m0/s1. The highest BCUT2D eigenvalue weighted by Gasteiger charge is 2.20. The molecule has 9 nitrogen and oxygen atoms in total. The Morgan fingerprint density at radius 1 is 1.12 bits per heavy atom. The minimum atomic E-state index is -1.47. The number of hydrogen-bond acceptors (Lipinski definition) is 8. The van der Waals surface area contributed by atoms with Gasteiger partial charge in [-0.1, -0.05) is 12.1 Å². The summed E-state index contributed by atoms with van der Waals surface area (Å²) in [5.74, 6) is -1.29. The van der Waals surface area contributed by atoms with Crippen molar-refractivity contribution in [3.05, 3.63) is 63.5 Å². The average Bonchev–Trinajstić information content (AvgIpc) is 2.76. The first-order chi connectivity index (χ1) is 15.2. The lowest BCUT2D eigenvalue weighted by Crippen LogP contribution is -2.49. The van der Waals surface area contributed by atoms with Crippen LogP contribution in [0.4, 0.5) is 0 Å². The molecule has 3 rings (SSSR count). The molecule has 0 aliphatic heterocycles. The van der Waals surface area contributed by atoms with Crippen LogP contribution in [0, 0.1) is 6.92 Å². The van der Waals surface area contributed by atoms with Crippen LogP contribution in [0.3, 0.4) is 0 Å². The first-order valence-corrected chi connectivity index (χ1v) is 9.70. The van der Waals surface area contributed by atoms with E-state index in [2.05, 4.69) is 5.32 Å². The number of methoxy groups -OCH3 is 2. The fourth-order valence-electron chi connectivity index (χ4n) is 3.39. The zero-order valence-corrected chi connectivity index (χ0v) is 17.8. The van der Waals surface area contributed by atoms with Crippen LogP contribution in [0.5, 0.6) is 17.2 Å².